The number of nitrogens with zero attached hydrogens (tertiary/aromatic N) is 2. The normalized spacial score (nSPS) is 27.5. The summed E-state index contributed by atoms with van der Waals surface area (Å²) in [7, 11) is 0. The second-order valence-electron chi connectivity index (χ2n) is 2.39. The van der Waals surface area contributed by atoms with Gasteiger partial charge < -0.3 is 0 Å². The summed E-state index contributed by atoms with van der Waals surface area (Å²) in [5.74, 6) is 0. The number of rotatable bonds is 0. The Balaban J connectivity index is 3.16. The third-order valence-corrected chi connectivity index (χ3v) is 2.69. The average molecular weight is 300 g/mol. The van der Waals surface area contributed by atoms with Crippen molar-refractivity contribution in [3.8, 4) is 6.07 Å². The van der Waals surface area contributed by atoms with Crippen molar-refractivity contribution in [3.63, 3.8) is 0 Å². The van der Waals surface area contributed by atoms with Crippen LogP contribution in [0.1, 0.15) is 0 Å². The van der Waals surface area contributed by atoms with E-state index < -0.39 is 11.7 Å². The van der Waals surface area contributed by atoms with E-state index in [1.165, 1.54) is 47.3 Å². The second kappa shape index (κ2) is 3.21. The van der Waals surface area contributed by atoms with Crippen molar-refractivity contribution >= 4 is 22.9 Å². The lowest BCUT2D eigenvalue weighted by Crippen LogP contribution is -2.51. The molecule has 0 bridgehead atoms. The standard InChI is InChI=1S/C7H4F3IN2/c8-7(9,10)6(5-12)3-1-2-4-13(6)11/h1-4H. The number of nitriles is 1. The van der Waals surface area contributed by atoms with E-state index in [0.29, 0.717) is 0 Å². The van der Waals surface area contributed by atoms with Gasteiger partial charge in [0.1, 0.15) is 6.07 Å². The van der Waals surface area contributed by atoms with Crippen molar-refractivity contribution in [1.29, 1.82) is 5.26 Å². The van der Waals surface area contributed by atoms with Crippen molar-refractivity contribution in [2.75, 3.05) is 0 Å². The first-order valence-corrected chi connectivity index (χ1v) is 4.19. The molecule has 1 rings (SSSR count). The number of hydrogen-bond acceptors (Lipinski definition) is 2. The van der Waals surface area contributed by atoms with Gasteiger partial charge in [0, 0.05) is 6.20 Å². The van der Waals surface area contributed by atoms with Gasteiger partial charge in [0.05, 0.1) is 22.9 Å². The van der Waals surface area contributed by atoms with Crippen LogP contribution in [0.3, 0.4) is 0 Å². The van der Waals surface area contributed by atoms with E-state index in [9.17, 15) is 13.2 Å². The third-order valence-electron chi connectivity index (χ3n) is 1.61. The molecule has 0 amide bonds. The van der Waals surface area contributed by atoms with Crippen LogP contribution >= 0.6 is 22.9 Å². The summed E-state index contributed by atoms with van der Waals surface area (Å²) in [5.41, 5.74) is -2.53. The molecule has 0 fully saturated rings. The summed E-state index contributed by atoms with van der Waals surface area (Å²) in [5, 5.41) is 8.55. The van der Waals surface area contributed by atoms with Crippen molar-refractivity contribution in [2.45, 2.75) is 11.7 Å². The first-order chi connectivity index (χ1) is 5.94. The molecule has 0 radical (unpaired) electrons. The van der Waals surface area contributed by atoms with Gasteiger partial charge in [-0.15, -0.1) is 0 Å². The van der Waals surface area contributed by atoms with Gasteiger partial charge in [0.15, 0.2) is 0 Å². The first kappa shape index (κ1) is 10.4. The van der Waals surface area contributed by atoms with Gasteiger partial charge in [-0.25, -0.2) is 0 Å². The van der Waals surface area contributed by atoms with Crippen LogP contribution in [0.25, 0.3) is 0 Å². The highest BCUT2D eigenvalue weighted by molar-refractivity contribution is 14.1. The zero-order valence-corrected chi connectivity index (χ0v) is 8.37. The summed E-state index contributed by atoms with van der Waals surface area (Å²) in [6.45, 7) is 0. The highest BCUT2D eigenvalue weighted by Gasteiger charge is 2.57. The smallest absolute Gasteiger partial charge is 0.291 e. The Morgan fingerprint density at radius 3 is 2.31 bits per heavy atom. The highest BCUT2D eigenvalue weighted by atomic mass is 127. The topological polar surface area (TPSA) is 27.0 Å². The lowest BCUT2D eigenvalue weighted by Gasteiger charge is -2.33. The molecule has 1 aliphatic heterocycles. The molecule has 0 aromatic carbocycles. The third kappa shape index (κ3) is 1.52. The minimum Gasteiger partial charge on any atom is -0.291 e. The molecule has 0 aromatic heterocycles. The van der Waals surface area contributed by atoms with E-state index in [1.807, 2.05) is 0 Å². The monoisotopic (exact) mass is 300 g/mol. The maximum absolute atomic E-state index is 12.5. The number of hydrogen-bond donors (Lipinski definition) is 0. The summed E-state index contributed by atoms with van der Waals surface area (Å²) in [6.07, 6.45) is 0.0978. The van der Waals surface area contributed by atoms with Gasteiger partial charge in [0.2, 0.25) is 0 Å². The van der Waals surface area contributed by atoms with Gasteiger partial charge in [-0.3, -0.25) is 3.11 Å². The molecular weight excluding hydrogens is 296 g/mol. The van der Waals surface area contributed by atoms with Gasteiger partial charge in [-0.05, 0) is 12.2 Å². The molecule has 0 N–H and O–H groups in total. The zero-order valence-electron chi connectivity index (χ0n) is 6.22. The molecule has 0 saturated carbocycles. The number of alkyl halides is 3. The van der Waals surface area contributed by atoms with E-state index in [-0.39, 0.29) is 0 Å². The summed E-state index contributed by atoms with van der Waals surface area (Å²) >= 11 is 1.45. The molecule has 0 saturated heterocycles. The summed E-state index contributed by atoms with van der Waals surface area (Å²) in [4.78, 5) is 0. The largest absolute Gasteiger partial charge is 0.429 e. The molecular formula is C7H4F3IN2. The average Bonchev–Trinajstić information content (AvgIpc) is 2.03. The van der Waals surface area contributed by atoms with Crippen LogP contribution in [0.4, 0.5) is 13.2 Å². The molecule has 1 unspecified atom stereocenters. The molecule has 70 valence electrons. The first-order valence-electron chi connectivity index (χ1n) is 3.23. The minimum atomic E-state index is -4.59. The molecule has 2 nitrogen and oxygen atoms in total. The zero-order chi connectivity index (χ0) is 10.1. The molecule has 13 heavy (non-hydrogen) atoms. The molecule has 1 atom stereocenters. The number of halogens is 4. The quantitative estimate of drug-likeness (QED) is 0.508. The molecule has 1 aliphatic rings. The van der Waals surface area contributed by atoms with Crippen LogP contribution < -0.4 is 0 Å². The Labute approximate surface area is 86.8 Å². The fourth-order valence-electron chi connectivity index (χ4n) is 0.873. The molecule has 0 aromatic rings. The predicted octanol–water partition coefficient (Wildman–Crippen LogP) is 2.55. The SMILES string of the molecule is N#CC1(C(F)(F)F)C=CC=CN1I. The van der Waals surface area contributed by atoms with Crippen molar-refractivity contribution in [2.24, 2.45) is 0 Å². The van der Waals surface area contributed by atoms with E-state index >= 15 is 0 Å². The molecule has 1 heterocycles. The summed E-state index contributed by atoms with van der Waals surface area (Å²) < 4.78 is 38.3. The Hall–Kier alpha value is -0.710. The Morgan fingerprint density at radius 2 is 2.00 bits per heavy atom. The van der Waals surface area contributed by atoms with E-state index in [0.717, 1.165) is 9.19 Å². The van der Waals surface area contributed by atoms with Gasteiger partial charge in [0.25, 0.3) is 5.54 Å². The van der Waals surface area contributed by atoms with Crippen LogP contribution in [0.2, 0.25) is 0 Å². The second-order valence-corrected chi connectivity index (χ2v) is 3.43. The minimum absolute atomic E-state index is 0.810. The molecule has 0 aliphatic carbocycles. The van der Waals surface area contributed by atoms with E-state index in [4.69, 9.17) is 5.26 Å². The van der Waals surface area contributed by atoms with Gasteiger partial charge >= 0.3 is 6.18 Å². The Kier molecular flexibility index (Phi) is 2.56. The lowest BCUT2D eigenvalue weighted by atomic mass is 9.99. The van der Waals surface area contributed by atoms with Crippen LogP contribution in [-0.4, -0.2) is 14.8 Å². The maximum Gasteiger partial charge on any atom is 0.429 e. The predicted molar refractivity (Wildman–Crippen MR) is 48.5 cm³/mol. The van der Waals surface area contributed by atoms with Crippen molar-refractivity contribution in [1.82, 2.24) is 3.11 Å². The van der Waals surface area contributed by atoms with Crippen LogP contribution in [0.15, 0.2) is 24.4 Å². The Morgan fingerprint density at radius 1 is 1.38 bits per heavy atom. The fraction of sp³-hybridized carbons (Fsp3) is 0.286. The Bertz CT molecular complexity index is 302. The van der Waals surface area contributed by atoms with Crippen molar-refractivity contribution < 1.29 is 13.2 Å². The molecule has 6 heteroatoms. The lowest BCUT2D eigenvalue weighted by molar-refractivity contribution is -0.173. The van der Waals surface area contributed by atoms with E-state index in [1.54, 1.807) is 0 Å². The van der Waals surface area contributed by atoms with Crippen LogP contribution in [0.5, 0.6) is 0 Å². The van der Waals surface area contributed by atoms with Gasteiger partial charge in [-0.1, -0.05) is 6.08 Å². The number of allylic oxidation sites excluding steroid dienone is 2. The van der Waals surface area contributed by atoms with Crippen LogP contribution in [0, 0.1) is 11.3 Å². The fourth-order valence-corrected chi connectivity index (χ4v) is 1.60. The summed E-state index contributed by atoms with van der Waals surface area (Å²) in [6, 6.07) is 1.26. The van der Waals surface area contributed by atoms with Crippen LogP contribution in [-0.2, 0) is 0 Å². The van der Waals surface area contributed by atoms with E-state index in [2.05, 4.69) is 0 Å². The molecule has 0 spiro atoms. The van der Waals surface area contributed by atoms with Gasteiger partial charge in [-0.2, -0.15) is 18.4 Å². The van der Waals surface area contributed by atoms with Crippen molar-refractivity contribution in [3.05, 3.63) is 24.4 Å². The highest BCUT2D eigenvalue weighted by Crippen LogP contribution is 2.40. The maximum atomic E-state index is 12.5.